The summed E-state index contributed by atoms with van der Waals surface area (Å²) in [4.78, 5) is 24.5. The van der Waals surface area contributed by atoms with Crippen LogP contribution in [0.2, 0.25) is 0 Å². The van der Waals surface area contributed by atoms with Crippen molar-refractivity contribution in [3.05, 3.63) is 34.1 Å². The minimum absolute atomic E-state index is 0.199. The van der Waals surface area contributed by atoms with E-state index in [9.17, 15) is 14.9 Å². The summed E-state index contributed by atoms with van der Waals surface area (Å²) >= 11 is 0. The van der Waals surface area contributed by atoms with E-state index in [1.165, 1.54) is 12.3 Å². The van der Waals surface area contributed by atoms with E-state index >= 15 is 0 Å². The first-order chi connectivity index (χ1) is 7.07. The topological polar surface area (TPSA) is 93.3 Å². The van der Waals surface area contributed by atoms with Gasteiger partial charge < -0.3 is 5.11 Å². The van der Waals surface area contributed by atoms with E-state index in [-0.39, 0.29) is 11.3 Å². The molecule has 0 aliphatic heterocycles. The van der Waals surface area contributed by atoms with Crippen LogP contribution in [-0.2, 0) is 4.79 Å². The third-order valence-electron chi connectivity index (χ3n) is 2.11. The number of hydrogen-bond acceptors (Lipinski definition) is 4. The first-order valence-electron chi connectivity index (χ1n) is 4.39. The molecule has 0 aliphatic carbocycles. The molecule has 1 N–H and O–H groups in total. The van der Waals surface area contributed by atoms with Crippen molar-refractivity contribution < 1.29 is 14.8 Å². The van der Waals surface area contributed by atoms with Gasteiger partial charge in [-0.15, -0.1) is 0 Å². The Bertz CT molecular complexity index is 391. The van der Waals surface area contributed by atoms with Gasteiger partial charge in [0, 0.05) is 11.8 Å². The van der Waals surface area contributed by atoms with E-state index in [1.807, 2.05) is 0 Å². The zero-order valence-corrected chi connectivity index (χ0v) is 8.08. The maximum Gasteiger partial charge on any atom is 0.311 e. The molecule has 0 aliphatic rings. The summed E-state index contributed by atoms with van der Waals surface area (Å²) in [7, 11) is 0. The highest BCUT2D eigenvalue weighted by atomic mass is 16.6. The molecular weight excluding hydrogens is 200 g/mol. The molecule has 1 rings (SSSR count). The molecule has 1 aromatic rings. The molecular formula is C9H10N2O4. The number of aliphatic carboxylic acids is 1. The average molecular weight is 210 g/mol. The largest absolute Gasteiger partial charge is 0.481 e. The number of aromatic nitrogens is 1. The van der Waals surface area contributed by atoms with Gasteiger partial charge in [0.1, 0.15) is 6.20 Å². The second kappa shape index (κ2) is 4.50. The minimum Gasteiger partial charge on any atom is -0.481 e. The van der Waals surface area contributed by atoms with Crippen molar-refractivity contribution in [3.63, 3.8) is 0 Å². The van der Waals surface area contributed by atoms with Crippen molar-refractivity contribution in [2.24, 2.45) is 0 Å². The lowest BCUT2D eigenvalue weighted by Gasteiger charge is -2.09. The van der Waals surface area contributed by atoms with E-state index in [2.05, 4.69) is 4.98 Å². The fourth-order valence-electron chi connectivity index (χ4n) is 1.37. The summed E-state index contributed by atoms with van der Waals surface area (Å²) in [6.07, 6.45) is 2.73. The van der Waals surface area contributed by atoms with Gasteiger partial charge >= 0.3 is 5.97 Å². The monoisotopic (exact) mass is 210 g/mol. The predicted molar refractivity (Wildman–Crippen MR) is 51.6 cm³/mol. The number of hydrogen-bond donors (Lipinski definition) is 1. The fraction of sp³-hybridized carbons (Fsp3) is 0.333. The Kier molecular flexibility index (Phi) is 3.33. The van der Waals surface area contributed by atoms with Crippen molar-refractivity contribution in [1.29, 1.82) is 0 Å². The Balaban J connectivity index is 3.22. The molecule has 0 spiro atoms. The number of nitro groups is 1. The standard InChI is InChI=1S/C9H10N2O4/c1-2-6(9(12)13)7-3-4-10-5-8(7)11(14)15/h3-6H,2H2,1H3,(H,12,13). The highest BCUT2D eigenvalue weighted by molar-refractivity contribution is 5.77. The van der Waals surface area contributed by atoms with Crippen LogP contribution in [0.25, 0.3) is 0 Å². The Morgan fingerprint density at radius 2 is 2.40 bits per heavy atom. The van der Waals surface area contributed by atoms with E-state index in [1.54, 1.807) is 6.92 Å². The Labute approximate surface area is 85.7 Å². The predicted octanol–water partition coefficient (Wildman–Crippen LogP) is 1.57. The molecule has 1 aromatic heterocycles. The van der Waals surface area contributed by atoms with E-state index in [0.29, 0.717) is 6.42 Å². The van der Waals surface area contributed by atoms with Crippen LogP contribution in [0.4, 0.5) is 5.69 Å². The molecule has 0 saturated carbocycles. The lowest BCUT2D eigenvalue weighted by Crippen LogP contribution is -2.12. The summed E-state index contributed by atoms with van der Waals surface area (Å²) in [5, 5.41) is 19.5. The first-order valence-corrected chi connectivity index (χ1v) is 4.39. The van der Waals surface area contributed by atoms with Gasteiger partial charge in [0.2, 0.25) is 0 Å². The quantitative estimate of drug-likeness (QED) is 0.601. The summed E-state index contributed by atoms with van der Waals surface area (Å²) in [5.74, 6) is -1.92. The third-order valence-corrected chi connectivity index (χ3v) is 2.11. The normalized spacial score (nSPS) is 12.1. The lowest BCUT2D eigenvalue weighted by atomic mass is 9.96. The SMILES string of the molecule is CCC(C(=O)O)c1ccncc1[N+](=O)[O-]. The van der Waals surface area contributed by atoms with E-state index in [4.69, 9.17) is 5.11 Å². The summed E-state index contributed by atoms with van der Waals surface area (Å²) in [5.41, 5.74) is -0.0447. The highest BCUT2D eigenvalue weighted by Crippen LogP contribution is 2.27. The van der Waals surface area contributed by atoms with Crippen LogP contribution in [0.1, 0.15) is 24.8 Å². The van der Waals surface area contributed by atoms with Crippen LogP contribution in [0.3, 0.4) is 0 Å². The van der Waals surface area contributed by atoms with Crippen LogP contribution in [-0.4, -0.2) is 21.0 Å². The van der Waals surface area contributed by atoms with Crippen molar-refractivity contribution in [2.45, 2.75) is 19.3 Å². The van der Waals surface area contributed by atoms with Gasteiger partial charge in [-0.3, -0.25) is 19.9 Å². The number of carboxylic acid groups (broad SMARTS) is 1. The van der Waals surface area contributed by atoms with Gasteiger partial charge in [0.25, 0.3) is 5.69 Å². The number of nitrogens with zero attached hydrogens (tertiary/aromatic N) is 2. The van der Waals surface area contributed by atoms with Gasteiger partial charge in [-0.2, -0.15) is 0 Å². The summed E-state index contributed by atoms with van der Waals surface area (Å²) < 4.78 is 0. The van der Waals surface area contributed by atoms with Gasteiger partial charge in [-0.1, -0.05) is 6.92 Å². The molecule has 0 fully saturated rings. The Hall–Kier alpha value is -1.98. The smallest absolute Gasteiger partial charge is 0.311 e. The number of carbonyl (C=O) groups is 1. The zero-order valence-electron chi connectivity index (χ0n) is 8.08. The molecule has 1 unspecified atom stereocenters. The second-order valence-corrected chi connectivity index (χ2v) is 2.99. The molecule has 6 nitrogen and oxygen atoms in total. The van der Waals surface area contributed by atoms with Crippen LogP contribution in [0.15, 0.2) is 18.5 Å². The Morgan fingerprint density at radius 1 is 1.73 bits per heavy atom. The third kappa shape index (κ3) is 2.28. The van der Waals surface area contributed by atoms with Crippen LogP contribution >= 0.6 is 0 Å². The average Bonchev–Trinajstić information content (AvgIpc) is 2.18. The lowest BCUT2D eigenvalue weighted by molar-refractivity contribution is -0.386. The first kappa shape index (κ1) is 11.1. The molecule has 0 radical (unpaired) electrons. The summed E-state index contributed by atoms with van der Waals surface area (Å²) in [6.45, 7) is 1.67. The van der Waals surface area contributed by atoms with Crippen LogP contribution in [0, 0.1) is 10.1 Å². The van der Waals surface area contributed by atoms with Crippen molar-refractivity contribution in [1.82, 2.24) is 4.98 Å². The molecule has 80 valence electrons. The summed E-state index contributed by atoms with van der Waals surface area (Å²) in [6, 6.07) is 1.38. The second-order valence-electron chi connectivity index (χ2n) is 2.99. The van der Waals surface area contributed by atoms with Crippen molar-refractivity contribution in [2.75, 3.05) is 0 Å². The molecule has 1 heterocycles. The van der Waals surface area contributed by atoms with E-state index in [0.717, 1.165) is 6.20 Å². The number of carboxylic acids is 1. The molecule has 6 heteroatoms. The Morgan fingerprint density at radius 3 is 2.87 bits per heavy atom. The zero-order chi connectivity index (χ0) is 11.4. The minimum atomic E-state index is -1.06. The molecule has 0 saturated heterocycles. The van der Waals surface area contributed by atoms with Gasteiger partial charge in [-0.05, 0) is 12.5 Å². The van der Waals surface area contributed by atoms with Gasteiger partial charge in [-0.25, -0.2) is 0 Å². The van der Waals surface area contributed by atoms with Crippen LogP contribution in [0.5, 0.6) is 0 Å². The van der Waals surface area contributed by atoms with E-state index < -0.39 is 16.8 Å². The molecule has 15 heavy (non-hydrogen) atoms. The molecule has 0 amide bonds. The molecule has 1 atom stereocenters. The van der Waals surface area contributed by atoms with Gasteiger partial charge in [0.15, 0.2) is 0 Å². The maximum atomic E-state index is 10.9. The number of rotatable bonds is 4. The maximum absolute atomic E-state index is 10.9. The van der Waals surface area contributed by atoms with Crippen molar-refractivity contribution in [3.8, 4) is 0 Å². The van der Waals surface area contributed by atoms with Gasteiger partial charge in [0.05, 0.1) is 10.8 Å². The number of pyridine rings is 1. The fourth-order valence-corrected chi connectivity index (χ4v) is 1.37. The molecule has 0 bridgehead atoms. The van der Waals surface area contributed by atoms with Crippen LogP contribution < -0.4 is 0 Å². The highest BCUT2D eigenvalue weighted by Gasteiger charge is 2.25. The van der Waals surface area contributed by atoms with Crippen molar-refractivity contribution >= 4 is 11.7 Å². The molecule has 0 aromatic carbocycles.